The van der Waals surface area contributed by atoms with Gasteiger partial charge in [0, 0.05) is 13.1 Å². The Morgan fingerprint density at radius 1 is 1.44 bits per heavy atom. The number of hydrogen-bond acceptors (Lipinski definition) is 5. The largest absolute Gasteiger partial charge is 0.464 e. The van der Waals surface area contributed by atoms with Gasteiger partial charge in [-0.15, -0.1) is 0 Å². The number of nitrogens with zero attached hydrogens (tertiary/aromatic N) is 2. The number of piperidine rings is 1. The molecule has 0 bridgehead atoms. The van der Waals surface area contributed by atoms with E-state index >= 15 is 0 Å². The molecule has 6 heteroatoms. The van der Waals surface area contributed by atoms with Crippen LogP contribution in [0.1, 0.15) is 19.8 Å². The zero-order valence-corrected chi connectivity index (χ0v) is 11.4. The summed E-state index contributed by atoms with van der Waals surface area (Å²) in [6.07, 6.45) is 1.82. The Balaban J connectivity index is 2.52. The first-order chi connectivity index (χ1) is 8.47. The van der Waals surface area contributed by atoms with Crippen LogP contribution in [0.4, 0.5) is 0 Å². The van der Waals surface area contributed by atoms with Crippen molar-refractivity contribution >= 4 is 11.9 Å². The van der Waals surface area contributed by atoms with Crippen LogP contribution in [-0.2, 0) is 14.3 Å². The van der Waals surface area contributed by atoms with Crippen LogP contribution in [0, 0.1) is 0 Å². The molecular weight excluding hydrogens is 234 g/mol. The van der Waals surface area contributed by atoms with Crippen molar-refractivity contribution in [3.8, 4) is 0 Å². The third kappa shape index (κ3) is 3.68. The maximum absolute atomic E-state index is 12.0. The molecule has 0 aromatic carbocycles. The molecule has 1 aliphatic rings. The molecule has 1 heterocycles. The number of esters is 1. The van der Waals surface area contributed by atoms with Crippen LogP contribution < -0.4 is 5.73 Å². The fourth-order valence-electron chi connectivity index (χ4n) is 2.11. The van der Waals surface area contributed by atoms with E-state index in [-0.39, 0.29) is 18.6 Å². The van der Waals surface area contributed by atoms with Crippen LogP contribution in [0.25, 0.3) is 0 Å². The predicted molar refractivity (Wildman–Crippen MR) is 67.9 cm³/mol. The Labute approximate surface area is 108 Å². The summed E-state index contributed by atoms with van der Waals surface area (Å²) in [4.78, 5) is 27.3. The molecule has 0 saturated carbocycles. The Morgan fingerprint density at radius 2 is 2.00 bits per heavy atom. The highest BCUT2D eigenvalue weighted by molar-refractivity contribution is 6.01. The van der Waals surface area contributed by atoms with Gasteiger partial charge in [-0.3, -0.25) is 4.79 Å². The van der Waals surface area contributed by atoms with E-state index in [9.17, 15) is 9.59 Å². The van der Waals surface area contributed by atoms with Crippen LogP contribution >= 0.6 is 0 Å². The lowest BCUT2D eigenvalue weighted by Crippen LogP contribution is -2.52. The quantitative estimate of drug-likeness (QED) is 0.539. The second-order valence-corrected chi connectivity index (χ2v) is 4.71. The van der Waals surface area contributed by atoms with Crippen LogP contribution in [0.15, 0.2) is 0 Å². The smallest absolute Gasteiger partial charge is 0.332 e. The number of carbonyl (C=O) groups is 2. The summed E-state index contributed by atoms with van der Waals surface area (Å²) in [6, 6.07) is -1.04. The number of likely N-dealkylation sites (tertiary alicyclic amines) is 1. The molecule has 1 rings (SSSR count). The van der Waals surface area contributed by atoms with Gasteiger partial charge in [0.1, 0.15) is 0 Å². The molecule has 1 saturated heterocycles. The van der Waals surface area contributed by atoms with Gasteiger partial charge in [-0.2, -0.15) is 0 Å². The fourth-order valence-corrected chi connectivity index (χ4v) is 2.11. The Bertz CT molecular complexity index is 301. The summed E-state index contributed by atoms with van der Waals surface area (Å²) >= 11 is 0. The molecule has 1 atom stereocenters. The third-order valence-electron chi connectivity index (χ3n) is 3.39. The Hall–Kier alpha value is -1.14. The standard InChI is InChI=1S/C12H23N3O3/c1-4-18-12(17)10(13)11(16)15(3)9-5-7-14(2)8-6-9/h9-10H,4-8,13H2,1-3H3. The third-order valence-corrected chi connectivity index (χ3v) is 3.39. The normalized spacial score (nSPS) is 19.3. The zero-order chi connectivity index (χ0) is 13.7. The average molecular weight is 257 g/mol. The SMILES string of the molecule is CCOC(=O)C(N)C(=O)N(C)C1CCN(C)CC1. The molecule has 1 aliphatic heterocycles. The number of likely N-dealkylation sites (N-methyl/N-ethyl adjacent to an activating group) is 1. The van der Waals surface area contributed by atoms with Gasteiger partial charge < -0.3 is 20.3 Å². The highest BCUT2D eigenvalue weighted by Crippen LogP contribution is 2.14. The molecule has 6 nitrogen and oxygen atoms in total. The summed E-state index contributed by atoms with van der Waals surface area (Å²) in [5.74, 6) is -1.01. The van der Waals surface area contributed by atoms with Crippen molar-refractivity contribution in [1.82, 2.24) is 9.80 Å². The van der Waals surface area contributed by atoms with Crippen LogP contribution in [0.2, 0.25) is 0 Å². The highest BCUT2D eigenvalue weighted by atomic mass is 16.5. The number of ether oxygens (including phenoxy) is 1. The average Bonchev–Trinajstić information content (AvgIpc) is 2.37. The van der Waals surface area contributed by atoms with Gasteiger partial charge in [-0.05, 0) is 39.9 Å². The molecule has 18 heavy (non-hydrogen) atoms. The minimum Gasteiger partial charge on any atom is -0.464 e. The molecule has 1 amide bonds. The number of rotatable bonds is 4. The molecule has 0 aromatic heterocycles. The molecule has 0 aliphatic carbocycles. The minimum absolute atomic E-state index is 0.161. The molecule has 1 unspecified atom stereocenters. The molecule has 1 fully saturated rings. The fraction of sp³-hybridized carbons (Fsp3) is 0.833. The second kappa shape index (κ2) is 6.70. The summed E-state index contributed by atoms with van der Waals surface area (Å²) in [5.41, 5.74) is 5.61. The molecule has 2 N–H and O–H groups in total. The minimum atomic E-state index is -1.20. The first-order valence-electron chi connectivity index (χ1n) is 6.34. The molecule has 0 spiro atoms. The van der Waals surface area contributed by atoms with E-state index in [1.165, 1.54) is 0 Å². The number of amides is 1. The summed E-state index contributed by atoms with van der Waals surface area (Å²) in [6.45, 7) is 3.83. The van der Waals surface area contributed by atoms with E-state index in [1.54, 1.807) is 18.9 Å². The predicted octanol–water partition coefficient (Wildman–Crippen LogP) is -0.571. The van der Waals surface area contributed by atoms with Crippen molar-refractivity contribution in [2.45, 2.75) is 31.8 Å². The van der Waals surface area contributed by atoms with E-state index in [4.69, 9.17) is 10.5 Å². The zero-order valence-electron chi connectivity index (χ0n) is 11.4. The monoisotopic (exact) mass is 257 g/mol. The maximum Gasteiger partial charge on any atom is 0.332 e. The summed E-state index contributed by atoms with van der Waals surface area (Å²) in [5, 5.41) is 0. The van der Waals surface area contributed by atoms with Crippen molar-refractivity contribution in [3.63, 3.8) is 0 Å². The molecular formula is C12H23N3O3. The number of hydrogen-bond donors (Lipinski definition) is 1. The van der Waals surface area contributed by atoms with Crippen LogP contribution in [-0.4, -0.2) is 67.6 Å². The van der Waals surface area contributed by atoms with E-state index in [0.29, 0.717) is 0 Å². The number of nitrogens with two attached hydrogens (primary N) is 1. The molecule has 0 radical (unpaired) electrons. The van der Waals surface area contributed by atoms with Crippen LogP contribution in [0.3, 0.4) is 0 Å². The van der Waals surface area contributed by atoms with Crippen molar-refractivity contribution in [2.75, 3.05) is 33.8 Å². The van der Waals surface area contributed by atoms with E-state index in [1.807, 2.05) is 0 Å². The Morgan fingerprint density at radius 3 is 2.50 bits per heavy atom. The number of carbonyl (C=O) groups excluding carboxylic acids is 2. The van der Waals surface area contributed by atoms with Gasteiger partial charge in [0.05, 0.1) is 6.61 Å². The summed E-state index contributed by atoms with van der Waals surface area (Å²) in [7, 11) is 3.76. The van der Waals surface area contributed by atoms with Crippen LogP contribution in [0.5, 0.6) is 0 Å². The highest BCUT2D eigenvalue weighted by Gasteiger charge is 2.31. The second-order valence-electron chi connectivity index (χ2n) is 4.71. The van der Waals surface area contributed by atoms with Gasteiger partial charge in [0.15, 0.2) is 6.04 Å². The lowest BCUT2D eigenvalue weighted by molar-refractivity contribution is -0.151. The van der Waals surface area contributed by atoms with Gasteiger partial charge in [-0.1, -0.05) is 0 Å². The first-order valence-corrected chi connectivity index (χ1v) is 6.34. The van der Waals surface area contributed by atoms with Gasteiger partial charge in [0.2, 0.25) is 0 Å². The van der Waals surface area contributed by atoms with Gasteiger partial charge in [-0.25, -0.2) is 4.79 Å². The van der Waals surface area contributed by atoms with Gasteiger partial charge >= 0.3 is 5.97 Å². The van der Waals surface area contributed by atoms with Gasteiger partial charge in [0.25, 0.3) is 5.91 Å². The Kier molecular flexibility index (Phi) is 5.55. The lowest BCUT2D eigenvalue weighted by Gasteiger charge is -2.35. The van der Waals surface area contributed by atoms with E-state index < -0.39 is 12.0 Å². The molecule has 0 aromatic rings. The van der Waals surface area contributed by atoms with Crippen molar-refractivity contribution in [2.24, 2.45) is 5.73 Å². The topological polar surface area (TPSA) is 75.9 Å². The molecule has 104 valence electrons. The first kappa shape index (κ1) is 14.9. The van der Waals surface area contributed by atoms with E-state index in [0.717, 1.165) is 25.9 Å². The lowest BCUT2D eigenvalue weighted by atomic mass is 10.0. The summed E-state index contributed by atoms with van der Waals surface area (Å²) < 4.78 is 4.76. The van der Waals surface area contributed by atoms with E-state index in [2.05, 4.69) is 11.9 Å². The van der Waals surface area contributed by atoms with Crippen molar-refractivity contribution in [1.29, 1.82) is 0 Å². The maximum atomic E-state index is 12.0. The van der Waals surface area contributed by atoms with Crippen molar-refractivity contribution in [3.05, 3.63) is 0 Å². The van der Waals surface area contributed by atoms with Crippen molar-refractivity contribution < 1.29 is 14.3 Å².